The van der Waals surface area contributed by atoms with Gasteiger partial charge in [-0.3, -0.25) is 9.69 Å². The molecule has 4 heteroatoms. The average molecular weight is 317 g/mol. The molecule has 1 amide bonds. The van der Waals surface area contributed by atoms with E-state index in [1.807, 2.05) is 25.8 Å². The van der Waals surface area contributed by atoms with Crippen LogP contribution < -0.4 is 5.73 Å². The third-order valence-electron chi connectivity index (χ3n) is 5.11. The van der Waals surface area contributed by atoms with E-state index >= 15 is 0 Å². The molecule has 0 aliphatic carbocycles. The summed E-state index contributed by atoms with van der Waals surface area (Å²) in [4.78, 5) is 16.8. The number of hydrogen-bond donors (Lipinski definition) is 1. The minimum absolute atomic E-state index is 0.0775. The van der Waals surface area contributed by atoms with E-state index < -0.39 is 6.04 Å². The van der Waals surface area contributed by atoms with Crippen LogP contribution in [0.25, 0.3) is 0 Å². The summed E-state index contributed by atoms with van der Waals surface area (Å²) in [5.74, 6) is 0.259. The van der Waals surface area contributed by atoms with E-state index in [-0.39, 0.29) is 11.8 Å². The van der Waals surface area contributed by atoms with Gasteiger partial charge in [-0.15, -0.1) is 0 Å². The Labute approximate surface area is 140 Å². The van der Waals surface area contributed by atoms with Gasteiger partial charge in [0.05, 0.1) is 6.04 Å². The summed E-state index contributed by atoms with van der Waals surface area (Å²) >= 11 is 0. The van der Waals surface area contributed by atoms with Gasteiger partial charge in [-0.1, -0.05) is 44.2 Å². The summed E-state index contributed by atoms with van der Waals surface area (Å²) in [5.41, 5.74) is 7.38. The first-order chi connectivity index (χ1) is 10.9. The van der Waals surface area contributed by atoms with E-state index in [1.54, 1.807) is 0 Å². The van der Waals surface area contributed by atoms with Crippen molar-refractivity contribution in [2.24, 2.45) is 11.7 Å². The highest BCUT2D eigenvalue weighted by atomic mass is 16.2. The highest BCUT2D eigenvalue weighted by molar-refractivity contribution is 5.82. The standard InChI is InChI=1S/C19H31N3O/c1-14(2)18(20)19(23)21(4)17-10-11-22(15(3)12-17)13-16-8-6-5-7-9-16/h5-9,14-15,17-18H,10-13,20H2,1-4H3/t15-,17-,18+/m1/s1. The molecule has 1 fully saturated rings. The van der Waals surface area contributed by atoms with Gasteiger partial charge in [-0.25, -0.2) is 0 Å². The Morgan fingerprint density at radius 2 is 2.00 bits per heavy atom. The monoisotopic (exact) mass is 317 g/mol. The third-order valence-corrected chi connectivity index (χ3v) is 5.11. The number of rotatable bonds is 5. The highest BCUT2D eigenvalue weighted by Gasteiger charge is 2.32. The molecule has 1 aromatic carbocycles. The number of likely N-dealkylation sites (tertiary alicyclic amines) is 1. The second-order valence-electron chi connectivity index (χ2n) is 7.20. The van der Waals surface area contributed by atoms with E-state index in [0.29, 0.717) is 12.1 Å². The lowest BCUT2D eigenvalue weighted by Gasteiger charge is -2.42. The molecule has 0 unspecified atom stereocenters. The maximum Gasteiger partial charge on any atom is 0.239 e. The lowest BCUT2D eigenvalue weighted by atomic mass is 9.95. The van der Waals surface area contributed by atoms with Crippen molar-refractivity contribution in [1.29, 1.82) is 0 Å². The zero-order chi connectivity index (χ0) is 17.0. The lowest BCUT2D eigenvalue weighted by molar-refractivity contribution is -0.135. The SMILES string of the molecule is CC(C)[C@H](N)C(=O)N(C)[C@@H]1CCN(Cc2ccccc2)[C@H](C)C1. The van der Waals surface area contributed by atoms with Gasteiger partial charge in [0.1, 0.15) is 0 Å². The number of nitrogens with two attached hydrogens (primary N) is 1. The normalized spacial score (nSPS) is 23.7. The molecule has 1 heterocycles. The van der Waals surface area contributed by atoms with E-state index in [1.165, 1.54) is 5.56 Å². The van der Waals surface area contributed by atoms with Crippen LogP contribution in [0.3, 0.4) is 0 Å². The van der Waals surface area contributed by atoms with Crippen molar-refractivity contribution >= 4 is 5.91 Å². The number of carbonyl (C=O) groups is 1. The van der Waals surface area contributed by atoms with Gasteiger partial charge < -0.3 is 10.6 Å². The molecule has 0 saturated carbocycles. The Kier molecular flexibility index (Phi) is 6.19. The van der Waals surface area contributed by atoms with Crippen molar-refractivity contribution < 1.29 is 4.79 Å². The van der Waals surface area contributed by atoms with E-state index in [9.17, 15) is 4.79 Å². The maximum absolute atomic E-state index is 12.5. The molecular weight excluding hydrogens is 286 g/mol. The zero-order valence-corrected chi connectivity index (χ0v) is 14.9. The molecule has 1 aliphatic rings. The summed E-state index contributed by atoms with van der Waals surface area (Å²) in [6, 6.07) is 11.0. The van der Waals surface area contributed by atoms with Crippen molar-refractivity contribution in [3.05, 3.63) is 35.9 Å². The fourth-order valence-corrected chi connectivity index (χ4v) is 3.30. The quantitative estimate of drug-likeness (QED) is 0.907. The van der Waals surface area contributed by atoms with E-state index in [4.69, 9.17) is 5.73 Å². The smallest absolute Gasteiger partial charge is 0.239 e. The van der Waals surface area contributed by atoms with Gasteiger partial charge in [-0.2, -0.15) is 0 Å². The Hall–Kier alpha value is -1.39. The van der Waals surface area contributed by atoms with Crippen LogP contribution in [0, 0.1) is 5.92 Å². The van der Waals surface area contributed by atoms with Crippen LogP contribution in [0.5, 0.6) is 0 Å². The van der Waals surface area contributed by atoms with Crippen molar-refractivity contribution in [1.82, 2.24) is 9.80 Å². The van der Waals surface area contributed by atoms with Gasteiger partial charge in [0.15, 0.2) is 0 Å². The molecule has 128 valence electrons. The summed E-state index contributed by atoms with van der Waals surface area (Å²) < 4.78 is 0. The predicted octanol–water partition coefficient (Wildman–Crippen LogP) is 2.48. The zero-order valence-electron chi connectivity index (χ0n) is 14.9. The van der Waals surface area contributed by atoms with E-state index in [2.05, 4.69) is 42.2 Å². The highest BCUT2D eigenvalue weighted by Crippen LogP contribution is 2.23. The summed E-state index contributed by atoms with van der Waals surface area (Å²) in [6.07, 6.45) is 2.03. The molecule has 0 aromatic heterocycles. The third kappa shape index (κ3) is 4.55. The number of hydrogen-bond acceptors (Lipinski definition) is 3. The molecule has 1 saturated heterocycles. The van der Waals surface area contributed by atoms with Crippen LogP contribution in [0.15, 0.2) is 30.3 Å². The summed E-state index contributed by atoms with van der Waals surface area (Å²) in [5, 5.41) is 0. The number of piperidine rings is 1. The summed E-state index contributed by atoms with van der Waals surface area (Å²) in [7, 11) is 1.91. The maximum atomic E-state index is 12.5. The Morgan fingerprint density at radius 3 is 2.57 bits per heavy atom. The molecule has 0 bridgehead atoms. The largest absolute Gasteiger partial charge is 0.341 e. The number of nitrogens with zero attached hydrogens (tertiary/aromatic N) is 2. The minimum Gasteiger partial charge on any atom is -0.341 e. The first kappa shape index (κ1) is 18.0. The second kappa shape index (κ2) is 7.93. The van der Waals surface area contributed by atoms with Crippen LogP contribution in [-0.4, -0.2) is 47.4 Å². The van der Waals surface area contributed by atoms with Crippen LogP contribution in [0.1, 0.15) is 39.2 Å². The number of amides is 1. The Bertz CT molecular complexity index is 503. The fraction of sp³-hybridized carbons (Fsp3) is 0.632. The molecule has 2 rings (SSSR count). The molecule has 0 radical (unpaired) electrons. The molecule has 1 aliphatic heterocycles. The van der Waals surface area contributed by atoms with Crippen molar-refractivity contribution in [2.75, 3.05) is 13.6 Å². The van der Waals surface area contributed by atoms with Gasteiger partial charge >= 0.3 is 0 Å². The molecule has 3 atom stereocenters. The van der Waals surface area contributed by atoms with Crippen molar-refractivity contribution in [2.45, 2.75) is 58.3 Å². The van der Waals surface area contributed by atoms with Gasteiger partial charge in [0, 0.05) is 32.2 Å². The molecule has 0 spiro atoms. The van der Waals surface area contributed by atoms with Gasteiger partial charge in [0.2, 0.25) is 5.91 Å². The van der Waals surface area contributed by atoms with Crippen LogP contribution in [0.4, 0.5) is 0 Å². The fourth-order valence-electron chi connectivity index (χ4n) is 3.30. The predicted molar refractivity (Wildman–Crippen MR) is 94.9 cm³/mol. The molecule has 2 N–H and O–H groups in total. The number of benzene rings is 1. The Balaban J connectivity index is 1.91. The van der Waals surface area contributed by atoms with Gasteiger partial charge in [0.25, 0.3) is 0 Å². The first-order valence-electron chi connectivity index (χ1n) is 8.70. The topological polar surface area (TPSA) is 49.6 Å². The molecular formula is C19H31N3O. The minimum atomic E-state index is -0.391. The Morgan fingerprint density at radius 1 is 1.35 bits per heavy atom. The molecule has 4 nitrogen and oxygen atoms in total. The van der Waals surface area contributed by atoms with Crippen molar-refractivity contribution in [3.8, 4) is 0 Å². The second-order valence-corrected chi connectivity index (χ2v) is 7.20. The van der Waals surface area contributed by atoms with E-state index in [0.717, 1.165) is 25.9 Å². The number of carbonyl (C=O) groups excluding carboxylic acids is 1. The average Bonchev–Trinajstić information content (AvgIpc) is 2.55. The van der Waals surface area contributed by atoms with Crippen LogP contribution >= 0.6 is 0 Å². The van der Waals surface area contributed by atoms with Crippen LogP contribution in [-0.2, 0) is 11.3 Å². The van der Waals surface area contributed by atoms with Crippen LogP contribution in [0.2, 0.25) is 0 Å². The molecule has 23 heavy (non-hydrogen) atoms. The van der Waals surface area contributed by atoms with Crippen molar-refractivity contribution in [3.63, 3.8) is 0 Å². The summed E-state index contributed by atoms with van der Waals surface area (Å²) in [6.45, 7) is 8.27. The first-order valence-corrected chi connectivity index (χ1v) is 8.70. The number of likely N-dealkylation sites (N-methyl/N-ethyl adjacent to an activating group) is 1. The van der Waals surface area contributed by atoms with Gasteiger partial charge in [-0.05, 0) is 31.2 Å². The lowest BCUT2D eigenvalue weighted by Crippen LogP contribution is -2.53. The molecule has 1 aromatic rings.